The number of hydrogen-bond acceptors (Lipinski definition) is 5. The van der Waals surface area contributed by atoms with Crippen molar-refractivity contribution in [2.45, 2.75) is 52.0 Å². The first-order valence-electron chi connectivity index (χ1n) is 12.9. The van der Waals surface area contributed by atoms with Crippen molar-refractivity contribution in [1.29, 1.82) is 5.41 Å². The molecule has 0 bridgehead atoms. The Morgan fingerprint density at radius 1 is 1.00 bits per heavy atom. The fourth-order valence-corrected chi connectivity index (χ4v) is 4.45. The van der Waals surface area contributed by atoms with Gasteiger partial charge in [-0.2, -0.15) is 0 Å². The van der Waals surface area contributed by atoms with Crippen molar-refractivity contribution in [2.75, 3.05) is 11.1 Å². The van der Waals surface area contributed by atoms with Crippen LogP contribution in [0.2, 0.25) is 0 Å². The third-order valence-electron chi connectivity index (χ3n) is 6.50. The quantitative estimate of drug-likeness (QED) is 0.147. The molecule has 1 atom stereocenters. The molecule has 6 heteroatoms. The van der Waals surface area contributed by atoms with Crippen molar-refractivity contribution < 1.29 is 0 Å². The highest BCUT2D eigenvalue weighted by Crippen LogP contribution is 2.23. The highest BCUT2D eigenvalue weighted by Gasteiger charge is 2.17. The largest absolute Gasteiger partial charge is 0.399 e. The van der Waals surface area contributed by atoms with E-state index in [-0.39, 0.29) is 17.3 Å². The second kappa shape index (κ2) is 12.2. The number of nitrogens with two attached hydrogens (primary N) is 1. The Hall–Kier alpha value is -4.19. The van der Waals surface area contributed by atoms with E-state index in [1.165, 1.54) is 5.56 Å². The molecule has 1 aromatic heterocycles. The predicted octanol–water partition coefficient (Wildman–Crippen LogP) is 6.21. The minimum atomic E-state index is -0.271. The second-order valence-corrected chi connectivity index (χ2v) is 9.49. The van der Waals surface area contributed by atoms with E-state index in [0.29, 0.717) is 30.0 Å². The van der Waals surface area contributed by atoms with Gasteiger partial charge in [0, 0.05) is 23.9 Å². The number of hydrogen-bond donors (Lipinski definition) is 4. The molecule has 0 aliphatic rings. The van der Waals surface area contributed by atoms with E-state index in [2.05, 4.69) is 53.6 Å². The summed E-state index contributed by atoms with van der Waals surface area (Å²) >= 11 is 0. The van der Waals surface area contributed by atoms with E-state index in [0.717, 1.165) is 41.6 Å². The fourth-order valence-electron chi connectivity index (χ4n) is 4.45. The molecule has 0 amide bonds. The number of aromatic amines is 1. The van der Waals surface area contributed by atoms with E-state index in [4.69, 9.17) is 16.1 Å². The summed E-state index contributed by atoms with van der Waals surface area (Å²) in [7, 11) is 0. The molecule has 0 fully saturated rings. The van der Waals surface area contributed by atoms with Crippen LogP contribution in [0.1, 0.15) is 55.6 Å². The van der Waals surface area contributed by atoms with Gasteiger partial charge in [0.25, 0.3) is 5.56 Å². The molecule has 4 aromatic rings. The van der Waals surface area contributed by atoms with Crippen molar-refractivity contribution in [2.24, 2.45) is 0 Å². The lowest BCUT2D eigenvalue weighted by molar-refractivity contribution is 0.652. The van der Waals surface area contributed by atoms with Gasteiger partial charge in [-0.15, -0.1) is 0 Å². The van der Waals surface area contributed by atoms with Crippen LogP contribution in [0.25, 0.3) is 11.1 Å². The molecule has 3 aromatic carbocycles. The third kappa shape index (κ3) is 6.94. The predicted molar refractivity (Wildman–Crippen MR) is 154 cm³/mol. The number of H-pyrrole nitrogens is 1. The van der Waals surface area contributed by atoms with Crippen LogP contribution in [0.3, 0.4) is 0 Å². The van der Waals surface area contributed by atoms with E-state index >= 15 is 0 Å². The Kier molecular flexibility index (Phi) is 8.52. The Labute approximate surface area is 218 Å². The number of nitrogens with zero attached hydrogens (tertiary/aromatic N) is 1. The molecule has 1 unspecified atom stereocenters. The summed E-state index contributed by atoms with van der Waals surface area (Å²) in [6, 6.07) is 26.6. The van der Waals surface area contributed by atoms with Gasteiger partial charge in [-0.3, -0.25) is 4.79 Å². The summed E-state index contributed by atoms with van der Waals surface area (Å²) in [4.78, 5) is 20.7. The number of anilines is 2. The molecule has 0 radical (unpaired) electrons. The van der Waals surface area contributed by atoms with Crippen molar-refractivity contribution in [1.82, 2.24) is 9.97 Å². The maximum Gasteiger partial charge on any atom is 0.262 e. The Bertz CT molecular complexity index is 1390. The molecule has 0 saturated carbocycles. The molecular weight excluding hydrogens is 458 g/mol. The monoisotopic (exact) mass is 493 g/mol. The van der Waals surface area contributed by atoms with E-state index in [1.54, 1.807) is 0 Å². The Morgan fingerprint density at radius 3 is 2.46 bits per heavy atom. The smallest absolute Gasteiger partial charge is 0.262 e. The summed E-state index contributed by atoms with van der Waals surface area (Å²) in [5.74, 6) is 1.07. The third-order valence-corrected chi connectivity index (χ3v) is 6.50. The molecule has 37 heavy (non-hydrogen) atoms. The standard InChI is InChI=1S/C31H35N5O/c1-3-27(33)29-30(34-21(2)9-7-12-22-10-5-4-6-11-22)35-28(36-31(29)37)19-23-15-17-24(18-16-23)25-13-8-14-26(32)20-25/h4-6,8,10-11,13-18,20-21,33H,3,7,9,12,19,32H2,1-2H3,(H2,34,35,36,37). The van der Waals surface area contributed by atoms with Gasteiger partial charge < -0.3 is 21.4 Å². The summed E-state index contributed by atoms with van der Waals surface area (Å²) < 4.78 is 0. The summed E-state index contributed by atoms with van der Waals surface area (Å²) in [6.45, 7) is 3.98. The van der Waals surface area contributed by atoms with Crippen LogP contribution in [0.5, 0.6) is 0 Å². The van der Waals surface area contributed by atoms with Gasteiger partial charge in [0.05, 0.1) is 0 Å². The fraction of sp³-hybridized carbons (Fsp3) is 0.258. The molecule has 0 saturated heterocycles. The van der Waals surface area contributed by atoms with Crippen LogP contribution < -0.4 is 16.6 Å². The van der Waals surface area contributed by atoms with E-state index in [9.17, 15) is 4.79 Å². The van der Waals surface area contributed by atoms with Crippen LogP contribution in [-0.4, -0.2) is 21.7 Å². The molecule has 5 N–H and O–H groups in total. The minimum Gasteiger partial charge on any atom is -0.399 e. The van der Waals surface area contributed by atoms with Crippen LogP contribution in [-0.2, 0) is 12.8 Å². The first kappa shape index (κ1) is 25.9. The molecular formula is C31H35N5O. The van der Waals surface area contributed by atoms with Gasteiger partial charge in [-0.05, 0) is 67.0 Å². The van der Waals surface area contributed by atoms with Crippen LogP contribution >= 0.6 is 0 Å². The molecule has 190 valence electrons. The highest BCUT2D eigenvalue weighted by molar-refractivity contribution is 6.01. The topological polar surface area (TPSA) is 108 Å². The zero-order valence-electron chi connectivity index (χ0n) is 21.6. The maximum absolute atomic E-state index is 13.0. The van der Waals surface area contributed by atoms with Gasteiger partial charge in [0.2, 0.25) is 0 Å². The van der Waals surface area contributed by atoms with Crippen molar-refractivity contribution in [3.05, 3.63) is 112 Å². The summed E-state index contributed by atoms with van der Waals surface area (Å²) in [5.41, 5.74) is 11.5. The van der Waals surface area contributed by atoms with Gasteiger partial charge in [0.15, 0.2) is 0 Å². The number of nitrogen functional groups attached to an aromatic ring is 1. The highest BCUT2D eigenvalue weighted by atomic mass is 16.1. The van der Waals surface area contributed by atoms with Crippen LogP contribution in [0.15, 0.2) is 83.7 Å². The molecule has 0 spiro atoms. The lowest BCUT2D eigenvalue weighted by Crippen LogP contribution is -2.27. The molecule has 0 aliphatic carbocycles. The number of aryl methyl sites for hydroxylation is 1. The average molecular weight is 494 g/mol. The SMILES string of the molecule is CCC(=N)c1c(NC(C)CCCc2ccccc2)nc(Cc2ccc(-c3cccc(N)c3)cc2)[nH]c1=O. The molecule has 0 aliphatic heterocycles. The lowest BCUT2D eigenvalue weighted by Gasteiger charge is -2.18. The minimum absolute atomic E-state index is 0.117. The maximum atomic E-state index is 13.0. The Morgan fingerprint density at radius 2 is 1.76 bits per heavy atom. The second-order valence-electron chi connectivity index (χ2n) is 9.49. The average Bonchev–Trinajstić information content (AvgIpc) is 2.89. The zero-order valence-corrected chi connectivity index (χ0v) is 21.6. The zero-order chi connectivity index (χ0) is 26.2. The molecule has 1 heterocycles. The van der Waals surface area contributed by atoms with Crippen molar-refractivity contribution in [3.63, 3.8) is 0 Å². The lowest BCUT2D eigenvalue weighted by atomic mass is 10.0. The molecule has 6 nitrogen and oxygen atoms in total. The number of aromatic nitrogens is 2. The van der Waals surface area contributed by atoms with Gasteiger partial charge in [-0.25, -0.2) is 4.98 Å². The number of nitrogens with one attached hydrogen (secondary N) is 3. The normalized spacial score (nSPS) is 11.7. The first-order valence-corrected chi connectivity index (χ1v) is 12.9. The van der Waals surface area contributed by atoms with E-state index in [1.807, 2.05) is 49.4 Å². The first-order chi connectivity index (χ1) is 17.9. The van der Waals surface area contributed by atoms with Gasteiger partial charge in [0.1, 0.15) is 17.2 Å². The van der Waals surface area contributed by atoms with Gasteiger partial charge >= 0.3 is 0 Å². The van der Waals surface area contributed by atoms with Gasteiger partial charge in [-0.1, -0.05) is 73.7 Å². The summed E-state index contributed by atoms with van der Waals surface area (Å²) in [6.07, 6.45) is 3.91. The Balaban J connectivity index is 1.49. The number of benzene rings is 3. The van der Waals surface area contributed by atoms with Crippen LogP contribution in [0.4, 0.5) is 11.5 Å². The number of rotatable bonds is 11. The van der Waals surface area contributed by atoms with Crippen molar-refractivity contribution in [3.8, 4) is 11.1 Å². The van der Waals surface area contributed by atoms with E-state index < -0.39 is 0 Å². The van der Waals surface area contributed by atoms with Crippen molar-refractivity contribution >= 4 is 17.2 Å². The molecule has 4 rings (SSSR count). The summed E-state index contributed by atoms with van der Waals surface area (Å²) in [5, 5.41) is 11.8. The van der Waals surface area contributed by atoms with Crippen LogP contribution in [0, 0.1) is 5.41 Å².